The van der Waals surface area contributed by atoms with Crippen LogP contribution >= 0.6 is 11.6 Å². The summed E-state index contributed by atoms with van der Waals surface area (Å²) in [6, 6.07) is 10.9. The van der Waals surface area contributed by atoms with Crippen LogP contribution in [0.15, 0.2) is 42.5 Å². The van der Waals surface area contributed by atoms with Crippen molar-refractivity contribution in [3.05, 3.63) is 53.1 Å². The Hall–Kier alpha value is -2.98. The molecular weight excluding hydrogens is 518 g/mol. The molecule has 0 spiro atoms. The van der Waals surface area contributed by atoms with Gasteiger partial charge in [0.15, 0.2) is 11.5 Å². The van der Waals surface area contributed by atoms with Crippen LogP contribution in [0.1, 0.15) is 39.2 Å². The van der Waals surface area contributed by atoms with Crippen molar-refractivity contribution in [1.82, 2.24) is 10.2 Å². The van der Waals surface area contributed by atoms with E-state index in [0.717, 1.165) is 22.7 Å². The summed E-state index contributed by atoms with van der Waals surface area (Å²) in [5.74, 6) is -0.106. The quantitative estimate of drug-likeness (QED) is 0.404. The second-order valence-corrected chi connectivity index (χ2v) is 11.3. The topological polar surface area (TPSA) is 105 Å². The lowest BCUT2D eigenvalue weighted by Gasteiger charge is -2.32. The van der Waals surface area contributed by atoms with Gasteiger partial charge in [-0.1, -0.05) is 37.1 Å². The van der Waals surface area contributed by atoms with Crippen molar-refractivity contribution >= 4 is 39.1 Å². The minimum atomic E-state index is -3.84. The fourth-order valence-corrected chi connectivity index (χ4v) is 4.99. The molecule has 37 heavy (non-hydrogen) atoms. The van der Waals surface area contributed by atoms with E-state index in [9.17, 15) is 18.0 Å². The highest BCUT2D eigenvalue weighted by atomic mass is 35.5. The van der Waals surface area contributed by atoms with Crippen LogP contribution in [0.3, 0.4) is 0 Å². The third-order valence-corrected chi connectivity index (χ3v) is 8.05. The van der Waals surface area contributed by atoms with E-state index in [1.54, 1.807) is 49.4 Å². The summed E-state index contributed by atoms with van der Waals surface area (Å²) in [5, 5.41) is 3.41. The molecule has 0 aromatic heterocycles. The molecule has 1 atom stereocenters. The van der Waals surface area contributed by atoms with E-state index < -0.39 is 28.5 Å². The highest BCUT2D eigenvalue weighted by molar-refractivity contribution is 7.92. The van der Waals surface area contributed by atoms with Gasteiger partial charge in [-0.3, -0.25) is 13.9 Å². The van der Waals surface area contributed by atoms with Crippen LogP contribution in [0.5, 0.6) is 11.5 Å². The molecule has 202 valence electrons. The molecule has 1 aliphatic rings. The molecule has 1 N–H and O–H groups in total. The lowest BCUT2D eigenvalue weighted by Crippen LogP contribution is -2.51. The normalized spacial score (nSPS) is 13.5. The lowest BCUT2D eigenvalue weighted by molar-refractivity contribution is -0.139. The molecule has 0 bridgehead atoms. The minimum Gasteiger partial charge on any atom is -0.486 e. The van der Waals surface area contributed by atoms with E-state index in [1.807, 2.05) is 6.92 Å². The molecule has 3 rings (SSSR count). The summed E-state index contributed by atoms with van der Waals surface area (Å²) in [6.45, 7) is 6.05. The number of benzene rings is 2. The van der Waals surface area contributed by atoms with Crippen molar-refractivity contribution in [2.24, 2.45) is 0 Å². The van der Waals surface area contributed by atoms with Crippen molar-refractivity contribution in [2.45, 2.75) is 46.2 Å². The van der Waals surface area contributed by atoms with Crippen LogP contribution in [0.2, 0.25) is 5.02 Å². The molecule has 1 aliphatic heterocycles. The smallest absolute Gasteiger partial charge is 0.244 e. The Kier molecular flexibility index (Phi) is 10.0. The fraction of sp³-hybridized carbons (Fsp3) is 0.462. The van der Waals surface area contributed by atoms with E-state index in [1.165, 1.54) is 11.8 Å². The van der Waals surface area contributed by atoms with Crippen molar-refractivity contribution in [2.75, 3.05) is 36.4 Å². The van der Waals surface area contributed by atoms with Gasteiger partial charge in [0.1, 0.15) is 25.8 Å². The van der Waals surface area contributed by atoms with Crippen LogP contribution in [0.25, 0.3) is 0 Å². The number of unbranched alkanes of at least 4 members (excludes halogenated alkanes) is 1. The Morgan fingerprint density at radius 1 is 1.05 bits per heavy atom. The molecule has 11 heteroatoms. The third kappa shape index (κ3) is 7.52. The fourth-order valence-electron chi connectivity index (χ4n) is 3.81. The number of sulfonamides is 1. The molecule has 0 saturated heterocycles. The van der Waals surface area contributed by atoms with Crippen molar-refractivity contribution in [1.29, 1.82) is 0 Å². The molecule has 0 radical (unpaired) electrons. The van der Waals surface area contributed by atoms with Gasteiger partial charge in [-0.25, -0.2) is 8.42 Å². The van der Waals surface area contributed by atoms with Crippen LogP contribution in [-0.4, -0.2) is 63.2 Å². The molecule has 0 saturated carbocycles. The Bertz CT molecular complexity index is 1190. The SMILES string of the molecule is CCCCNC(=O)[C@@H](C)N(Cc1ccc(Cl)cc1)C(=O)CN(c1ccc2c(c1)OCCO2)S(=O)(=O)CC. The van der Waals surface area contributed by atoms with Crippen molar-refractivity contribution < 1.29 is 27.5 Å². The molecular formula is C26H34ClN3O6S. The predicted molar refractivity (Wildman–Crippen MR) is 144 cm³/mol. The van der Waals surface area contributed by atoms with Gasteiger partial charge in [0.25, 0.3) is 0 Å². The summed E-state index contributed by atoms with van der Waals surface area (Å²) < 4.78 is 38.4. The van der Waals surface area contributed by atoms with Gasteiger partial charge in [0.05, 0.1) is 11.4 Å². The molecule has 2 aromatic rings. The summed E-state index contributed by atoms with van der Waals surface area (Å²) in [4.78, 5) is 28.0. The number of carbonyl (C=O) groups excluding carboxylic acids is 2. The Balaban J connectivity index is 1.91. The maximum atomic E-state index is 13.7. The highest BCUT2D eigenvalue weighted by Crippen LogP contribution is 2.35. The van der Waals surface area contributed by atoms with Gasteiger partial charge in [0.2, 0.25) is 21.8 Å². The number of hydrogen-bond acceptors (Lipinski definition) is 6. The van der Waals surface area contributed by atoms with Gasteiger partial charge < -0.3 is 19.7 Å². The Labute approximate surface area is 223 Å². The van der Waals surface area contributed by atoms with Gasteiger partial charge in [-0.2, -0.15) is 0 Å². The van der Waals surface area contributed by atoms with E-state index >= 15 is 0 Å². The van der Waals surface area contributed by atoms with Crippen LogP contribution in [-0.2, 0) is 26.2 Å². The molecule has 2 aromatic carbocycles. The predicted octanol–water partition coefficient (Wildman–Crippen LogP) is 3.60. The first-order chi connectivity index (χ1) is 17.7. The number of nitrogens with one attached hydrogen (secondary N) is 1. The summed E-state index contributed by atoms with van der Waals surface area (Å²) >= 11 is 6.01. The minimum absolute atomic E-state index is 0.111. The average Bonchev–Trinajstić information content (AvgIpc) is 2.90. The number of anilines is 1. The van der Waals surface area contributed by atoms with E-state index in [0.29, 0.717) is 36.3 Å². The summed E-state index contributed by atoms with van der Waals surface area (Å²) in [5.41, 5.74) is 1.04. The Morgan fingerprint density at radius 2 is 1.73 bits per heavy atom. The van der Waals surface area contributed by atoms with E-state index in [4.69, 9.17) is 21.1 Å². The second-order valence-electron chi connectivity index (χ2n) is 8.70. The molecule has 0 unspecified atom stereocenters. The van der Waals surface area contributed by atoms with Gasteiger partial charge in [0, 0.05) is 24.2 Å². The third-order valence-electron chi connectivity index (χ3n) is 6.06. The van der Waals surface area contributed by atoms with Gasteiger partial charge >= 0.3 is 0 Å². The zero-order valence-electron chi connectivity index (χ0n) is 21.4. The van der Waals surface area contributed by atoms with Crippen LogP contribution in [0, 0.1) is 0 Å². The molecule has 9 nitrogen and oxygen atoms in total. The van der Waals surface area contributed by atoms with E-state index in [-0.39, 0.29) is 23.9 Å². The molecule has 2 amide bonds. The number of halogens is 1. The van der Waals surface area contributed by atoms with Crippen LogP contribution < -0.4 is 19.1 Å². The van der Waals surface area contributed by atoms with Gasteiger partial charge in [-0.15, -0.1) is 0 Å². The number of rotatable bonds is 12. The first-order valence-corrected chi connectivity index (χ1v) is 14.4. The zero-order chi connectivity index (χ0) is 27.0. The first-order valence-electron chi connectivity index (χ1n) is 12.4. The Morgan fingerprint density at radius 3 is 2.38 bits per heavy atom. The number of hydrogen-bond donors (Lipinski definition) is 1. The van der Waals surface area contributed by atoms with E-state index in [2.05, 4.69) is 5.32 Å². The molecule has 1 heterocycles. The maximum Gasteiger partial charge on any atom is 0.244 e. The monoisotopic (exact) mass is 551 g/mol. The van der Waals surface area contributed by atoms with Crippen LogP contribution in [0.4, 0.5) is 5.69 Å². The zero-order valence-corrected chi connectivity index (χ0v) is 23.0. The number of amides is 2. The summed E-state index contributed by atoms with van der Waals surface area (Å²) in [7, 11) is -3.84. The maximum absolute atomic E-state index is 13.7. The average molecular weight is 552 g/mol. The largest absolute Gasteiger partial charge is 0.486 e. The molecule has 0 fully saturated rings. The first kappa shape index (κ1) is 28.6. The van der Waals surface area contributed by atoms with Crippen molar-refractivity contribution in [3.63, 3.8) is 0 Å². The number of fused-ring (bicyclic) bond motifs is 1. The number of nitrogens with zero attached hydrogens (tertiary/aromatic N) is 2. The van der Waals surface area contributed by atoms with Gasteiger partial charge in [-0.05, 0) is 50.1 Å². The number of ether oxygens (including phenoxy) is 2. The summed E-state index contributed by atoms with van der Waals surface area (Å²) in [6.07, 6.45) is 1.73. The number of carbonyl (C=O) groups is 2. The lowest BCUT2D eigenvalue weighted by atomic mass is 10.1. The molecule has 0 aliphatic carbocycles. The highest BCUT2D eigenvalue weighted by Gasteiger charge is 2.31. The van der Waals surface area contributed by atoms with Crippen molar-refractivity contribution in [3.8, 4) is 11.5 Å². The second kappa shape index (κ2) is 13.0. The standard InChI is InChI=1S/C26H34ClN3O6S/c1-4-6-13-28-26(32)19(3)29(17-20-7-9-21(27)10-8-20)25(31)18-30(37(33,34)5-2)22-11-12-23-24(16-22)36-15-14-35-23/h7-12,16,19H,4-6,13-15,17-18H2,1-3H3,(H,28,32)/t19-/m1/s1.